The summed E-state index contributed by atoms with van der Waals surface area (Å²) in [5.41, 5.74) is 4.65. The van der Waals surface area contributed by atoms with E-state index in [1.165, 1.54) is 0 Å². The van der Waals surface area contributed by atoms with Crippen LogP contribution in [0.4, 0.5) is 0 Å². The molecule has 0 aromatic heterocycles. The van der Waals surface area contributed by atoms with Crippen molar-refractivity contribution in [2.24, 2.45) is 0 Å². The van der Waals surface area contributed by atoms with Crippen molar-refractivity contribution in [2.45, 2.75) is 12.2 Å². The summed E-state index contributed by atoms with van der Waals surface area (Å²) in [7, 11) is -2.15. The molecule has 0 aliphatic carbocycles. The average molecular weight is 185 g/mol. The van der Waals surface area contributed by atoms with Gasteiger partial charge in [-0.2, -0.15) is 4.89 Å². The highest BCUT2D eigenvalue weighted by Crippen LogP contribution is 2.19. The SMILES string of the molecule is [NH3+][C@H](Cc1ccccc1)[P+](=O)O. The van der Waals surface area contributed by atoms with Gasteiger partial charge in [-0.15, -0.1) is 0 Å². The molecule has 0 saturated carbocycles. The van der Waals surface area contributed by atoms with Gasteiger partial charge in [0.05, 0.1) is 6.42 Å². The van der Waals surface area contributed by atoms with Crippen LogP contribution in [-0.2, 0) is 11.0 Å². The molecule has 1 aromatic carbocycles. The third kappa shape index (κ3) is 2.70. The lowest BCUT2D eigenvalue weighted by Crippen LogP contribution is -2.59. The molecular formula is C8H12NO2P+2. The normalized spacial score (nSPS) is 14.0. The fourth-order valence-corrected chi connectivity index (χ4v) is 1.33. The predicted molar refractivity (Wildman–Crippen MR) is 46.6 cm³/mol. The van der Waals surface area contributed by atoms with E-state index in [-0.39, 0.29) is 0 Å². The van der Waals surface area contributed by atoms with E-state index >= 15 is 0 Å². The minimum atomic E-state index is -2.15. The number of benzene rings is 1. The molecule has 1 aromatic rings. The summed E-state index contributed by atoms with van der Waals surface area (Å²) in [5, 5.41) is 0. The Labute approximate surface area is 72.1 Å². The van der Waals surface area contributed by atoms with Gasteiger partial charge in [0.15, 0.2) is 0 Å². The van der Waals surface area contributed by atoms with E-state index in [0.29, 0.717) is 6.42 Å². The molecule has 1 rings (SSSR count). The van der Waals surface area contributed by atoms with Crippen molar-refractivity contribution in [3.8, 4) is 0 Å². The van der Waals surface area contributed by atoms with Crippen LogP contribution in [0.25, 0.3) is 0 Å². The van der Waals surface area contributed by atoms with Crippen molar-refractivity contribution >= 4 is 8.03 Å². The summed E-state index contributed by atoms with van der Waals surface area (Å²) in [6, 6.07) is 9.59. The Bertz CT molecular complexity index is 263. The number of hydrogen-bond acceptors (Lipinski definition) is 1. The molecule has 0 bridgehead atoms. The van der Waals surface area contributed by atoms with Gasteiger partial charge in [0.1, 0.15) is 0 Å². The zero-order chi connectivity index (χ0) is 8.97. The van der Waals surface area contributed by atoms with Crippen LogP contribution in [0.3, 0.4) is 0 Å². The quantitative estimate of drug-likeness (QED) is 0.674. The summed E-state index contributed by atoms with van der Waals surface area (Å²) in [4.78, 5) is 8.73. The predicted octanol–water partition coefficient (Wildman–Crippen LogP) is 0.532. The molecule has 64 valence electrons. The zero-order valence-electron chi connectivity index (χ0n) is 6.68. The van der Waals surface area contributed by atoms with Crippen molar-refractivity contribution < 1.29 is 15.2 Å². The fraction of sp³-hybridized carbons (Fsp3) is 0.250. The molecule has 3 nitrogen and oxygen atoms in total. The Kier molecular flexibility index (Phi) is 3.35. The monoisotopic (exact) mass is 185 g/mol. The van der Waals surface area contributed by atoms with Crippen LogP contribution < -0.4 is 5.73 Å². The first-order valence-electron chi connectivity index (χ1n) is 3.72. The van der Waals surface area contributed by atoms with E-state index in [1.54, 1.807) is 0 Å². The van der Waals surface area contributed by atoms with Gasteiger partial charge in [-0.25, -0.2) is 0 Å². The minimum absolute atomic E-state index is 0.401. The van der Waals surface area contributed by atoms with Gasteiger partial charge >= 0.3 is 13.8 Å². The van der Waals surface area contributed by atoms with E-state index in [0.717, 1.165) is 5.56 Å². The van der Waals surface area contributed by atoms with Crippen LogP contribution in [-0.4, -0.2) is 10.7 Å². The van der Waals surface area contributed by atoms with Gasteiger partial charge in [-0.1, -0.05) is 30.3 Å². The maximum Gasteiger partial charge on any atom is 0.569 e. The van der Waals surface area contributed by atoms with Gasteiger partial charge in [-0.3, -0.25) is 0 Å². The molecule has 0 heterocycles. The van der Waals surface area contributed by atoms with Crippen LogP contribution in [0, 0.1) is 0 Å². The molecule has 0 fully saturated rings. The van der Waals surface area contributed by atoms with Crippen molar-refractivity contribution in [1.29, 1.82) is 0 Å². The number of rotatable bonds is 3. The first kappa shape index (κ1) is 9.33. The van der Waals surface area contributed by atoms with Crippen molar-refractivity contribution in [1.82, 2.24) is 0 Å². The Morgan fingerprint density at radius 2 is 2.00 bits per heavy atom. The molecule has 0 aliphatic rings. The number of hydrogen-bond donors (Lipinski definition) is 2. The highest BCUT2D eigenvalue weighted by atomic mass is 31.1. The summed E-state index contributed by atoms with van der Waals surface area (Å²) < 4.78 is 10.6. The van der Waals surface area contributed by atoms with E-state index in [2.05, 4.69) is 5.73 Å². The highest BCUT2D eigenvalue weighted by Gasteiger charge is 2.27. The van der Waals surface area contributed by atoms with Gasteiger partial charge in [0, 0.05) is 0 Å². The first-order valence-corrected chi connectivity index (χ1v) is 5.00. The van der Waals surface area contributed by atoms with Crippen molar-refractivity contribution in [2.75, 3.05) is 0 Å². The standard InChI is InChI=1S/C8H10NO2P/c9-8(12(10)11)6-7-4-2-1-3-5-7/h1-5,8H,6,9H2/p+2/t8-/m0/s1. The largest absolute Gasteiger partial charge is 0.569 e. The Balaban J connectivity index is 2.58. The third-order valence-corrected chi connectivity index (χ3v) is 2.43. The van der Waals surface area contributed by atoms with E-state index in [9.17, 15) is 4.57 Å². The van der Waals surface area contributed by atoms with Crippen molar-refractivity contribution in [3.63, 3.8) is 0 Å². The molecule has 0 aliphatic heterocycles. The molecule has 4 heteroatoms. The fourth-order valence-electron chi connectivity index (χ4n) is 0.964. The highest BCUT2D eigenvalue weighted by molar-refractivity contribution is 7.38. The lowest BCUT2D eigenvalue weighted by molar-refractivity contribution is -0.389. The van der Waals surface area contributed by atoms with E-state index < -0.39 is 13.8 Å². The second-order valence-electron chi connectivity index (χ2n) is 2.65. The smallest absolute Gasteiger partial charge is 0.312 e. The molecule has 0 spiro atoms. The summed E-state index contributed by atoms with van der Waals surface area (Å²) in [6.45, 7) is 0. The lowest BCUT2D eigenvalue weighted by Gasteiger charge is -1.95. The third-order valence-electron chi connectivity index (χ3n) is 1.63. The van der Waals surface area contributed by atoms with Gasteiger partial charge in [-0.05, 0) is 10.1 Å². The van der Waals surface area contributed by atoms with Gasteiger partial charge in [0.25, 0.3) is 0 Å². The summed E-state index contributed by atoms with van der Waals surface area (Å²) in [6.07, 6.45) is 0.562. The van der Waals surface area contributed by atoms with Crippen LogP contribution in [0.15, 0.2) is 30.3 Å². The molecule has 0 radical (unpaired) electrons. The lowest BCUT2D eigenvalue weighted by atomic mass is 10.2. The topological polar surface area (TPSA) is 64.9 Å². The maximum atomic E-state index is 10.6. The summed E-state index contributed by atoms with van der Waals surface area (Å²) in [5.74, 6) is -0.401. The summed E-state index contributed by atoms with van der Waals surface area (Å²) >= 11 is 0. The van der Waals surface area contributed by atoms with Crippen LogP contribution in [0.1, 0.15) is 5.56 Å². The average Bonchev–Trinajstić information content (AvgIpc) is 2.06. The molecule has 0 amide bonds. The number of quaternary nitrogens is 1. The van der Waals surface area contributed by atoms with Crippen LogP contribution in [0.5, 0.6) is 0 Å². The molecule has 4 N–H and O–H groups in total. The second kappa shape index (κ2) is 4.31. The second-order valence-corrected chi connectivity index (χ2v) is 3.98. The van der Waals surface area contributed by atoms with Gasteiger partial charge in [0.2, 0.25) is 0 Å². The molecular weight excluding hydrogens is 173 g/mol. The minimum Gasteiger partial charge on any atom is -0.312 e. The van der Waals surface area contributed by atoms with Crippen LogP contribution >= 0.6 is 8.03 Å². The Hall–Kier alpha value is -0.760. The van der Waals surface area contributed by atoms with Crippen molar-refractivity contribution in [3.05, 3.63) is 35.9 Å². The Morgan fingerprint density at radius 3 is 2.50 bits per heavy atom. The maximum absolute atomic E-state index is 10.6. The first-order chi connectivity index (χ1) is 5.70. The molecule has 12 heavy (non-hydrogen) atoms. The zero-order valence-corrected chi connectivity index (χ0v) is 7.58. The Morgan fingerprint density at radius 1 is 1.42 bits per heavy atom. The molecule has 2 atom stereocenters. The molecule has 1 unspecified atom stereocenters. The van der Waals surface area contributed by atoms with E-state index in [4.69, 9.17) is 4.89 Å². The van der Waals surface area contributed by atoms with E-state index in [1.807, 2.05) is 30.3 Å². The van der Waals surface area contributed by atoms with Crippen LogP contribution in [0.2, 0.25) is 0 Å². The van der Waals surface area contributed by atoms with Gasteiger partial charge < -0.3 is 5.73 Å². The molecule has 0 saturated heterocycles.